The summed E-state index contributed by atoms with van der Waals surface area (Å²) in [7, 11) is 1.70. The normalized spacial score (nSPS) is 19.5. The summed E-state index contributed by atoms with van der Waals surface area (Å²) in [6, 6.07) is 14.1. The van der Waals surface area contributed by atoms with Crippen molar-refractivity contribution in [3.8, 4) is 5.75 Å². The van der Waals surface area contributed by atoms with Gasteiger partial charge in [-0.2, -0.15) is 0 Å². The Bertz CT molecular complexity index is 1120. The van der Waals surface area contributed by atoms with Gasteiger partial charge in [0.2, 0.25) is 0 Å². The van der Waals surface area contributed by atoms with Crippen LogP contribution in [0.25, 0.3) is 0 Å². The van der Waals surface area contributed by atoms with Crippen molar-refractivity contribution in [1.82, 2.24) is 4.90 Å². The maximum Gasteiger partial charge on any atom is 0.410 e. The summed E-state index contributed by atoms with van der Waals surface area (Å²) in [5.74, 6) is 0.559. The number of benzene rings is 2. The Morgan fingerprint density at radius 1 is 1.08 bits per heavy atom. The van der Waals surface area contributed by atoms with Crippen LogP contribution in [0.2, 0.25) is 0 Å². The molecule has 0 aromatic heterocycles. The van der Waals surface area contributed by atoms with Gasteiger partial charge in [-0.15, -0.1) is 0 Å². The minimum atomic E-state index is -0.543. The molecule has 0 bridgehead atoms. The first kappa shape index (κ1) is 27.6. The molecule has 1 saturated heterocycles. The zero-order valence-corrected chi connectivity index (χ0v) is 23.3. The Labute approximate surface area is 225 Å². The lowest BCUT2D eigenvalue weighted by Crippen LogP contribution is -2.45. The third kappa shape index (κ3) is 7.10. The van der Waals surface area contributed by atoms with Crippen molar-refractivity contribution in [3.63, 3.8) is 0 Å². The van der Waals surface area contributed by atoms with E-state index in [-0.39, 0.29) is 30.8 Å². The number of carbonyl (C=O) groups excluding carboxylic acids is 2. The van der Waals surface area contributed by atoms with Gasteiger partial charge in [0.05, 0.1) is 17.9 Å². The van der Waals surface area contributed by atoms with Crippen molar-refractivity contribution in [2.75, 3.05) is 55.0 Å². The molecule has 2 unspecified atom stereocenters. The smallest absolute Gasteiger partial charge is 0.410 e. The monoisotopic (exact) mass is 524 g/mol. The molecule has 9 nitrogen and oxygen atoms in total. The molecule has 0 spiro atoms. The molecule has 9 heteroatoms. The maximum absolute atomic E-state index is 12.6. The Morgan fingerprint density at radius 2 is 1.74 bits per heavy atom. The molecule has 2 aromatic carbocycles. The molecule has 2 atom stereocenters. The molecule has 2 aliphatic rings. The topological polar surface area (TPSA) is 83.6 Å². The molecule has 1 fully saturated rings. The number of anilines is 4. The van der Waals surface area contributed by atoms with Crippen LogP contribution in [-0.4, -0.2) is 74.5 Å². The summed E-state index contributed by atoms with van der Waals surface area (Å²) in [6.45, 7) is 12.4. The second kappa shape index (κ2) is 11.5. The number of amides is 2. The molecular formula is C29H40N4O5. The molecule has 38 heavy (non-hydrogen) atoms. The van der Waals surface area contributed by atoms with Gasteiger partial charge in [0.1, 0.15) is 11.4 Å². The van der Waals surface area contributed by atoms with Gasteiger partial charge in [-0.05, 0) is 77.4 Å². The van der Waals surface area contributed by atoms with Gasteiger partial charge in [0.15, 0.2) is 6.61 Å². The summed E-state index contributed by atoms with van der Waals surface area (Å²) >= 11 is 0. The summed E-state index contributed by atoms with van der Waals surface area (Å²) in [6.07, 6.45) is 0.673. The third-order valence-corrected chi connectivity index (χ3v) is 6.42. The van der Waals surface area contributed by atoms with E-state index in [1.165, 1.54) is 10.6 Å². The molecule has 0 aliphatic carbocycles. The number of rotatable bonds is 7. The van der Waals surface area contributed by atoms with Crippen LogP contribution in [0.5, 0.6) is 5.75 Å². The van der Waals surface area contributed by atoms with Crippen molar-refractivity contribution in [1.29, 1.82) is 0 Å². The van der Waals surface area contributed by atoms with Crippen LogP contribution in [0.1, 0.15) is 41.0 Å². The Kier molecular flexibility index (Phi) is 8.35. The Balaban J connectivity index is 1.36. The summed E-state index contributed by atoms with van der Waals surface area (Å²) in [4.78, 5) is 30.4. The van der Waals surface area contributed by atoms with Crippen molar-refractivity contribution in [3.05, 3.63) is 42.5 Å². The van der Waals surface area contributed by atoms with Gasteiger partial charge in [-0.3, -0.25) is 4.79 Å². The predicted octanol–water partition coefficient (Wildman–Crippen LogP) is 5.03. The van der Waals surface area contributed by atoms with E-state index >= 15 is 0 Å². The lowest BCUT2D eigenvalue weighted by molar-refractivity contribution is -0.121. The number of carbonyl (C=O) groups is 2. The average molecular weight is 525 g/mol. The quantitative estimate of drug-likeness (QED) is 0.544. The fraction of sp³-hybridized carbons (Fsp3) is 0.517. The van der Waals surface area contributed by atoms with Crippen molar-refractivity contribution in [2.45, 2.75) is 58.8 Å². The number of hydrogen-bond donors (Lipinski definition) is 1. The lowest BCUT2D eigenvalue weighted by atomic mass is 10.1. The largest absolute Gasteiger partial charge is 0.481 e. The van der Waals surface area contributed by atoms with Crippen LogP contribution in [0, 0.1) is 0 Å². The van der Waals surface area contributed by atoms with Gasteiger partial charge in [-0.25, -0.2) is 4.79 Å². The number of nitrogens with one attached hydrogen (secondary N) is 1. The Hall–Kier alpha value is -3.46. The van der Waals surface area contributed by atoms with E-state index in [9.17, 15) is 9.59 Å². The zero-order valence-electron chi connectivity index (χ0n) is 23.3. The van der Waals surface area contributed by atoms with Crippen LogP contribution in [0.3, 0.4) is 0 Å². The summed E-state index contributed by atoms with van der Waals surface area (Å²) < 4.78 is 17.0. The predicted molar refractivity (Wildman–Crippen MR) is 150 cm³/mol. The molecule has 206 valence electrons. The van der Waals surface area contributed by atoms with Gasteiger partial charge < -0.3 is 34.2 Å². The van der Waals surface area contributed by atoms with Gasteiger partial charge in [0, 0.05) is 56.4 Å². The molecule has 4 rings (SSSR count). The minimum Gasteiger partial charge on any atom is -0.481 e. The molecule has 2 aromatic rings. The second-order valence-electron chi connectivity index (χ2n) is 11.1. The highest BCUT2D eigenvalue weighted by molar-refractivity contribution is 5.98. The van der Waals surface area contributed by atoms with Crippen LogP contribution in [0.15, 0.2) is 42.5 Å². The van der Waals surface area contributed by atoms with E-state index < -0.39 is 5.60 Å². The van der Waals surface area contributed by atoms with Gasteiger partial charge >= 0.3 is 6.09 Å². The summed E-state index contributed by atoms with van der Waals surface area (Å²) in [5.41, 5.74) is 3.22. The van der Waals surface area contributed by atoms with Crippen LogP contribution >= 0.6 is 0 Å². The second-order valence-corrected chi connectivity index (χ2v) is 11.1. The van der Waals surface area contributed by atoms with Crippen molar-refractivity contribution in [2.24, 2.45) is 0 Å². The van der Waals surface area contributed by atoms with E-state index in [0.717, 1.165) is 30.2 Å². The van der Waals surface area contributed by atoms with E-state index in [1.54, 1.807) is 11.9 Å². The number of fused-ring (bicyclic) bond motifs is 1. The first-order valence-corrected chi connectivity index (χ1v) is 13.3. The highest BCUT2D eigenvalue weighted by Gasteiger charge is 2.26. The van der Waals surface area contributed by atoms with Crippen molar-refractivity contribution < 1.29 is 23.8 Å². The first-order valence-electron chi connectivity index (χ1n) is 13.3. The fourth-order valence-corrected chi connectivity index (χ4v) is 4.74. The SMILES string of the molecule is CC1CN(c2ccc(Nc3ccc4c(c3)OCC(=O)N4CCCN(C)C(=O)OC(C)(C)C)cc2)CC(C)O1. The third-order valence-electron chi connectivity index (χ3n) is 6.42. The van der Waals surface area contributed by atoms with E-state index in [1.807, 2.05) is 39.0 Å². The number of morpholine rings is 1. The zero-order chi connectivity index (χ0) is 27.4. The van der Waals surface area contributed by atoms with Gasteiger partial charge in [0.25, 0.3) is 5.91 Å². The van der Waals surface area contributed by atoms with Crippen LogP contribution in [0.4, 0.5) is 27.5 Å². The van der Waals surface area contributed by atoms with Gasteiger partial charge in [-0.1, -0.05) is 0 Å². The maximum atomic E-state index is 12.6. The summed E-state index contributed by atoms with van der Waals surface area (Å²) in [5, 5.41) is 3.43. The molecular weight excluding hydrogens is 484 g/mol. The minimum absolute atomic E-state index is 0.0105. The average Bonchev–Trinajstić information content (AvgIpc) is 2.84. The molecule has 2 aliphatic heterocycles. The lowest BCUT2D eigenvalue weighted by Gasteiger charge is -2.36. The molecule has 2 heterocycles. The fourth-order valence-electron chi connectivity index (χ4n) is 4.74. The molecule has 2 amide bonds. The highest BCUT2D eigenvalue weighted by Crippen LogP contribution is 2.35. The molecule has 1 N–H and O–H groups in total. The van der Waals surface area contributed by atoms with Crippen LogP contribution < -0.4 is 19.9 Å². The Morgan fingerprint density at radius 3 is 2.39 bits per heavy atom. The standard InChI is InChI=1S/C29H40N4O5/c1-20-17-32(18-21(2)37-20)24-11-8-22(9-12-24)30-23-10-13-25-26(16-23)36-19-27(34)33(25)15-7-14-31(6)28(35)38-29(3,4)5/h8-13,16,20-21,30H,7,14-15,17-19H2,1-6H3. The molecule has 0 saturated carbocycles. The van der Waals surface area contributed by atoms with E-state index in [4.69, 9.17) is 14.2 Å². The number of hydrogen-bond acceptors (Lipinski definition) is 7. The first-order chi connectivity index (χ1) is 18.0. The van der Waals surface area contributed by atoms with Crippen LogP contribution in [-0.2, 0) is 14.3 Å². The number of nitrogens with zero attached hydrogens (tertiary/aromatic N) is 3. The highest BCUT2D eigenvalue weighted by atomic mass is 16.6. The van der Waals surface area contributed by atoms with E-state index in [2.05, 4.69) is 48.3 Å². The van der Waals surface area contributed by atoms with Crippen molar-refractivity contribution >= 4 is 34.7 Å². The van der Waals surface area contributed by atoms with E-state index in [0.29, 0.717) is 25.3 Å². The molecule has 0 radical (unpaired) electrons. The number of ether oxygens (including phenoxy) is 3.